The summed E-state index contributed by atoms with van der Waals surface area (Å²) in [5.74, 6) is -4.11. The first kappa shape index (κ1) is 14.8. The number of carboxylic acids is 1. The van der Waals surface area contributed by atoms with Crippen LogP contribution in [0.15, 0.2) is 0 Å². The summed E-state index contributed by atoms with van der Waals surface area (Å²) in [6.07, 6.45) is -0.630. The molecule has 0 aliphatic carbocycles. The summed E-state index contributed by atoms with van der Waals surface area (Å²) in [4.78, 5) is 10.4. The summed E-state index contributed by atoms with van der Waals surface area (Å²) in [6, 6.07) is 0. The van der Waals surface area contributed by atoms with E-state index in [4.69, 9.17) is 5.11 Å². The van der Waals surface area contributed by atoms with Gasteiger partial charge in [-0.05, 0) is 20.8 Å². The van der Waals surface area contributed by atoms with Crippen LogP contribution in [-0.4, -0.2) is 17.0 Å². The number of carbonyl (C=O) groups is 1. The van der Waals surface area contributed by atoms with Gasteiger partial charge in [0.2, 0.25) is 5.92 Å². The third-order valence-corrected chi connectivity index (χ3v) is 1.33. The molecule has 0 rings (SSSR count). The van der Waals surface area contributed by atoms with Crippen LogP contribution in [0.1, 0.15) is 41.0 Å². The van der Waals surface area contributed by atoms with Gasteiger partial charge in [-0.3, -0.25) is 4.79 Å². The molecule has 0 heterocycles. The maximum atomic E-state index is 12.3. The lowest BCUT2D eigenvalue weighted by atomic mass is 9.87. The molecule has 0 saturated carbocycles. The second-order valence-electron chi connectivity index (χ2n) is 3.44. The van der Waals surface area contributed by atoms with Crippen LogP contribution in [0.5, 0.6) is 0 Å². The van der Waals surface area contributed by atoms with E-state index in [1.54, 1.807) is 0 Å². The molecule has 0 radical (unpaired) electrons. The number of aliphatic carboxylic acids is 1. The number of alkyl halides is 2. The number of hydrogen-bond acceptors (Lipinski definition) is 1. The lowest BCUT2D eigenvalue weighted by Gasteiger charge is -2.22. The second kappa shape index (κ2) is 5.14. The van der Waals surface area contributed by atoms with Crippen LogP contribution in [0.2, 0.25) is 0 Å². The summed E-state index contributed by atoms with van der Waals surface area (Å²) in [6.45, 7) is 7.29. The van der Waals surface area contributed by atoms with Crippen LogP contribution in [0.3, 0.4) is 0 Å². The summed E-state index contributed by atoms with van der Waals surface area (Å²) in [7, 11) is 0. The highest BCUT2D eigenvalue weighted by atomic mass is 19.3. The van der Waals surface area contributed by atoms with Crippen LogP contribution < -0.4 is 0 Å². The third-order valence-electron chi connectivity index (χ3n) is 1.33. The maximum absolute atomic E-state index is 12.3. The normalized spacial score (nSPS) is 11.6. The fraction of sp³-hybridized carbons (Fsp3) is 0.889. The Balaban J connectivity index is 0. The van der Waals surface area contributed by atoms with E-state index < -0.39 is 23.7 Å². The SMILES string of the molecule is CC.CC(F)(F)CC(C)(C)C(=O)O. The average Bonchev–Trinajstić information content (AvgIpc) is 1.86. The van der Waals surface area contributed by atoms with Crippen molar-refractivity contribution in [3.05, 3.63) is 0 Å². The first-order valence-electron chi connectivity index (χ1n) is 4.26. The van der Waals surface area contributed by atoms with Gasteiger partial charge in [0.1, 0.15) is 0 Å². The molecule has 0 atom stereocenters. The minimum Gasteiger partial charge on any atom is -0.481 e. The van der Waals surface area contributed by atoms with Crippen molar-refractivity contribution >= 4 is 5.97 Å². The van der Waals surface area contributed by atoms with E-state index >= 15 is 0 Å². The molecule has 2 nitrogen and oxygen atoms in total. The smallest absolute Gasteiger partial charge is 0.309 e. The molecule has 0 aromatic rings. The highest BCUT2D eigenvalue weighted by Crippen LogP contribution is 2.31. The molecule has 0 bridgehead atoms. The van der Waals surface area contributed by atoms with E-state index in [1.807, 2.05) is 13.8 Å². The van der Waals surface area contributed by atoms with Gasteiger partial charge in [0.25, 0.3) is 0 Å². The molecule has 0 saturated heterocycles. The zero-order valence-corrected chi connectivity index (χ0v) is 8.82. The predicted octanol–water partition coefficient (Wildman–Crippen LogP) is 3.17. The average molecular weight is 196 g/mol. The highest BCUT2D eigenvalue weighted by Gasteiger charge is 2.37. The van der Waals surface area contributed by atoms with E-state index in [1.165, 1.54) is 13.8 Å². The van der Waals surface area contributed by atoms with E-state index in [0.717, 1.165) is 6.92 Å². The Morgan fingerprint density at radius 1 is 1.23 bits per heavy atom. The molecule has 0 amide bonds. The van der Waals surface area contributed by atoms with Gasteiger partial charge < -0.3 is 5.11 Å². The van der Waals surface area contributed by atoms with Gasteiger partial charge >= 0.3 is 5.97 Å². The van der Waals surface area contributed by atoms with Gasteiger partial charge in [0.05, 0.1) is 5.41 Å². The first-order chi connectivity index (χ1) is 5.65. The van der Waals surface area contributed by atoms with Crippen molar-refractivity contribution in [2.75, 3.05) is 0 Å². The Morgan fingerprint density at radius 3 is 1.62 bits per heavy atom. The zero-order chi connectivity index (χ0) is 11.3. The molecule has 0 aromatic carbocycles. The Bertz CT molecular complexity index is 159. The van der Waals surface area contributed by atoms with Crippen LogP contribution in [-0.2, 0) is 4.79 Å². The minimum absolute atomic E-state index is 0.630. The van der Waals surface area contributed by atoms with Crippen LogP contribution in [0, 0.1) is 5.41 Å². The molecule has 0 fully saturated rings. The number of hydrogen-bond donors (Lipinski definition) is 1. The summed E-state index contributed by atoms with van der Waals surface area (Å²) in [5, 5.41) is 8.47. The number of carboxylic acid groups (broad SMARTS) is 1. The molecular weight excluding hydrogens is 178 g/mol. The van der Waals surface area contributed by atoms with E-state index in [2.05, 4.69) is 0 Å². The molecule has 0 aliphatic heterocycles. The Hall–Kier alpha value is -0.670. The molecule has 1 N–H and O–H groups in total. The van der Waals surface area contributed by atoms with E-state index in [-0.39, 0.29) is 0 Å². The fourth-order valence-electron chi connectivity index (χ4n) is 0.852. The molecule has 4 heteroatoms. The topological polar surface area (TPSA) is 37.3 Å². The van der Waals surface area contributed by atoms with Crippen molar-refractivity contribution in [2.45, 2.75) is 47.0 Å². The minimum atomic E-state index is -2.91. The van der Waals surface area contributed by atoms with Gasteiger partial charge in [-0.1, -0.05) is 13.8 Å². The largest absolute Gasteiger partial charge is 0.481 e. The first-order valence-corrected chi connectivity index (χ1v) is 4.26. The molecule has 13 heavy (non-hydrogen) atoms. The van der Waals surface area contributed by atoms with Crippen molar-refractivity contribution in [3.8, 4) is 0 Å². The van der Waals surface area contributed by atoms with Crippen molar-refractivity contribution in [2.24, 2.45) is 5.41 Å². The Kier molecular flexibility index (Phi) is 5.87. The van der Waals surface area contributed by atoms with Crippen LogP contribution in [0.4, 0.5) is 8.78 Å². The maximum Gasteiger partial charge on any atom is 0.309 e. The van der Waals surface area contributed by atoms with E-state index in [0.29, 0.717) is 0 Å². The van der Waals surface area contributed by atoms with Crippen LogP contribution in [0.25, 0.3) is 0 Å². The summed E-state index contributed by atoms with van der Waals surface area (Å²) < 4.78 is 24.6. The van der Waals surface area contributed by atoms with E-state index in [9.17, 15) is 13.6 Å². The highest BCUT2D eigenvalue weighted by molar-refractivity contribution is 5.73. The second-order valence-corrected chi connectivity index (χ2v) is 3.44. The lowest BCUT2D eigenvalue weighted by Crippen LogP contribution is -2.30. The van der Waals surface area contributed by atoms with Gasteiger partial charge in [0, 0.05) is 6.42 Å². The van der Waals surface area contributed by atoms with Gasteiger partial charge in [-0.25, -0.2) is 8.78 Å². The zero-order valence-electron chi connectivity index (χ0n) is 8.82. The summed E-state index contributed by atoms with van der Waals surface area (Å²) in [5.41, 5.74) is -1.35. The van der Waals surface area contributed by atoms with Crippen molar-refractivity contribution in [1.29, 1.82) is 0 Å². The third kappa shape index (κ3) is 7.68. The fourth-order valence-corrected chi connectivity index (χ4v) is 0.852. The molecule has 0 aliphatic rings. The quantitative estimate of drug-likeness (QED) is 0.752. The predicted molar refractivity (Wildman–Crippen MR) is 48.0 cm³/mol. The Labute approximate surface area is 78.0 Å². The molecule has 0 aromatic heterocycles. The van der Waals surface area contributed by atoms with Gasteiger partial charge in [-0.15, -0.1) is 0 Å². The van der Waals surface area contributed by atoms with Crippen LogP contribution >= 0.6 is 0 Å². The lowest BCUT2D eigenvalue weighted by molar-refractivity contribution is -0.152. The molecular formula is C9H18F2O2. The van der Waals surface area contributed by atoms with Gasteiger partial charge in [0.15, 0.2) is 0 Å². The molecule has 0 unspecified atom stereocenters. The number of rotatable bonds is 3. The summed E-state index contributed by atoms with van der Waals surface area (Å²) >= 11 is 0. The Morgan fingerprint density at radius 2 is 1.54 bits per heavy atom. The van der Waals surface area contributed by atoms with Crippen molar-refractivity contribution in [1.82, 2.24) is 0 Å². The monoisotopic (exact) mass is 196 g/mol. The molecule has 0 spiro atoms. The van der Waals surface area contributed by atoms with Gasteiger partial charge in [-0.2, -0.15) is 0 Å². The standard InChI is InChI=1S/C7H12F2O2.C2H6/c1-6(2,5(10)11)4-7(3,8)9;1-2/h4H2,1-3H3,(H,10,11);1-2H3. The van der Waals surface area contributed by atoms with Crippen molar-refractivity contribution < 1.29 is 18.7 Å². The van der Waals surface area contributed by atoms with Crippen molar-refractivity contribution in [3.63, 3.8) is 0 Å². The molecule has 80 valence electrons. The number of halogens is 2.